The van der Waals surface area contributed by atoms with Crippen LogP contribution < -0.4 is 10.1 Å². The van der Waals surface area contributed by atoms with Crippen LogP contribution in [0.3, 0.4) is 0 Å². The van der Waals surface area contributed by atoms with E-state index in [0.717, 1.165) is 12.3 Å². The molecule has 0 saturated carbocycles. The van der Waals surface area contributed by atoms with Crippen LogP contribution in [-0.4, -0.2) is 6.54 Å². The first-order chi connectivity index (χ1) is 10.7. The van der Waals surface area contributed by atoms with E-state index in [1.165, 1.54) is 41.5 Å². The van der Waals surface area contributed by atoms with Crippen molar-refractivity contribution < 1.29 is 4.74 Å². The third-order valence-electron chi connectivity index (χ3n) is 4.26. The minimum atomic E-state index is 0. The first kappa shape index (κ1) is 17.8. The predicted molar refractivity (Wildman–Crippen MR) is 98.5 cm³/mol. The molecule has 1 aliphatic heterocycles. The van der Waals surface area contributed by atoms with Crippen LogP contribution in [0, 0.1) is 13.8 Å². The van der Waals surface area contributed by atoms with E-state index in [9.17, 15) is 0 Å². The maximum atomic E-state index is 6.01. The van der Waals surface area contributed by atoms with Gasteiger partial charge in [0.15, 0.2) is 0 Å². The summed E-state index contributed by atoms with van der Waals surface area (Å²) in [7, 11) is 0. The molecule has 1 saturated heterocycles. The van der Waals surface area contributed by atoms with Gasteiger partial charge in [-0.15, -0.1) is 12.4 Å². The Morgan fingerprint density at radius 2 is 1.83 bits per heavy atom. The molecule has 1 atom stereocenters. The number of benzene rings is 2. The lowest BCUT2D eigenvalue weighted by molar-refractivity contribution is 0.305. The topological polar surface area (TPSA) is 21.3 Å². The summed E-state index contributed by atoms with van der Waals surface area (Å²) in [6.45, 7) is 6.01. The fraction of sp³-hybridized carbons (Fsp3) is 0.400. The third-order valence-corrected chi connectivity index (χ3v) is 4.26. The molecule has 124 valence electrons. The van der Waals surface area contributed by atoms with Crippen LogP contribution in [0.1, 0.15) is 47.6 Å². The normalized spacial score (nSPS) is 17.4. The maximum Gasteiger partial charge on any atom is 0.120 e. The van der Waals surface area contributed by atoms with E-state index in [4.69, 9.17) is 4.74 Å². The molecule has 0 aliphatic carbocycles. The molecule has 1 fully saturated rings. The molecule has 2 aromatic carbocycles. The zero-order chi connectivity index (χ0) is 15.4. The minimum Gasteiger partial charge on any atom is -0.489 e. The van der Waals surface area contributed by atoms with Crippen molar-refractivity contribution >= 4 is 12.4 Å². The van der Waals surface area contributed by atoms with Crippen LogP contribution in [0.2, 0.25) is 0 Å². The second-order valence-electron chi connectivity index (χ2n) is 6.36. The quantitative estimate of drug-likeness (QED) is 0.839. The van der Waals surface area contributed by atoms with E-state index in [2.05, 4.69) is 61.6 Å². The Kier molecular flexibility index (Phi) is 6.49. The molecule has 23 heavy (non-hydrogen) atoms. The Morgan fingerprint density at radius 1 is 1.04 bits per heavy atom. The third kappa shape index (κ3) is 4.98. The Balaban J connectivity index is 0.00000192. The summed E-state index contributed by atoms with van der Waals surface area (Å²) in [5, 5.41) is 3.60. The van der Waals surface area contributed by atoms with Gasteiger partial charge in [0.05, 0.1) is 0 Å². The lowest BCUT2D eigenvalue weighted by Gasteiger charge is -2.24. The van der Waals surface area contributed by atoms with Crippen molar-refractivity contribution in [1.82, 2.24) is 5.32 Å². The van der Waals surface area contributed by atoms with Gasteiger partial charge < -0.3 is 10.1 Å². The Labute approximate surface area is 145 Å². The van der Waals surface area contributed by atoms with E-state index in [1.54, 1.807) is 0 Å². The van der Waals surface area contributed by atoms with Gasteiger partial charge in [-0.05, 0) is 56.5 Å². The predicted octanol–water partition coefficient (Wildman–Crippen LogP) is 5.12. The van der Waals surface area contributed by atoms with Crippen molar-refractivity contribution in [2.75, 3.05) is 6.54 Å². The van der Waals surface area contributed by atoms with Gasteiger partial charge in [0.2, 0.25) is 0 Å². The van der Waals surface area contributed by atoms with Crippen LogP contribution in [0.25, 0.3) is 0 Å². The molecule has 3 heteroatoms. The lowest BCUT2D eigenvalue weighted by atomic mass is 9.97. The van der Waals surface area contributed by atoms with Crippen LogP contribution in [0.5, 0.6) is 5.75 Å². The van der Waals surface area contributed by atoms with E-state index in [0.29, 0.717) is 12.6 Å². The molecular formula is C20H26ClNO. The van der Waals surface area contributed by atoms with Crippen LogP contribution in [0.4, 0.5) is 0 Å². The summed E-state index contributed by atoms with van der Waals surface area (Å²) in [6, 6.07) is 15.6. The van der Waals surface area contributed by atoms with Gasteiger partial charge in [0.25, 0.3) is 0 Å². The molecule has 2 nitrogen and oxygen atoms in total. The fourth-order valence-corrected chi connectivity index (χ4v) is 3.28. The largest absolute Gasteiger partial charge is 0.489 e. The maximum absolute atomic E-state index is 6.01. The molecule has 3 rings (SSSR count). The van der Waals surface area contributed by atoms with Gasteiger partial charge in [-0.3, -0.25) is 0 Å². The van der Waals surface area contributed by atoms with Crippen molar-refractivity contribution in [2.24, 2.45) is 0 Å². The molecule has 2 aromatic rings. The number of nitrogens with one attached hydrogen (secondary N) is 1. The number of aryl methyl sites for hydroxylation is 2. The smallest absolute Gasteiger partial charge is 0.120 e. The van der Waals surface area contributed by atoms with E-state index in [-0.39, 0.29) is 12.4 Å². The zero-order valence-electron chi connectivity index (χ0n) is 14.0. The van der Waals surface area contributed by atoms with E-state index in [1.807, 2.05) is 0 Å². The van der Waals surface area contributed by atoms with Crippen LogP contribution in [-0.2, 0) is 6.61 Å². The van der Waals surface area contributed by atoms with Crippen molar-refractivity contribution in [3.63, 3.8) is 0 Å². The molecule has 0 aromatic heterocycles. The average Bonchev–Trinajstić information content (AvgIpc) is 2.53. The number of rotatable bonds is 4. The molecule has 1 heterocycles. The average molecular weight is 332 g/mol. The summed E-state index contributed by atoms with van der Waals surface area (Å²) in [5.41, 5.74) is 5.16. The highest BCUT2D eigenvalue weighted by molar-refractivity contribution is 5.85. The first-order valence-electron chi connectivity index (χ1n) is 8.24. The highest BCUT2D eigenvalue weighted by Crippen LogP contribution is 2.26. The summed E-state index contributed by atoms with van der Waals surface area (Å²) < 4.78 is 6.01. The second kappa shape index (κ2) is 8.37. The summed E-state index contributed by atoms with van der Waals surface area (Å²) in [5.74, 6) is 0.962. The second-order valence-corrected chi connectivity index (χ2v) is 6.36. The Hall–Kier alpha value is -1.51. The standard InChI is InChI=1S/C20H25NO.ClH/c1-15-10-16(2)12-17(11-15)14-22-19-7-5-6-18(13-19)20-8-3-4-9-21-20;/h5-7,10-13,20-21H,3-4,8-9,14H2,1-2H3;1H. The molecule has 1 unspecified atom stereocenters. The number of hydrogen-bond donors (Lipinski definition) is 1. The van der Waals surface area contributed by atoms with Crippen LogP contribution >= 0.6 is 12.4 Å². The lowest BCUT2D eigenvalue weighted by Crippen LogP contribution is -2.26. The van der Waals surface area contributed by atoms with E-state index >= 15 is 0 Å². The van der Waals surface area contributed by atoms with Gasteiger partial charge in [-0.1, -0.05) is 47.9 Å². The van der Waals surface area contributed by atoms with Gasteiger partial charge >= 0.3 is 0 Å². The number of piperidine rings is 1. The highest BCUT2D eigenvalue weighted by atomic mass is 35.5. The minimum absolute atomic E-state index is 0. The zero-order valence-corrected chi connectivity index (χ0v) is 14.8. The Bertz CT molecular complexity index is 615. The molecule has 1 N–H and O–H groups in total. The van der Waals surface area contributed by atoms with Crippen molar-refractivity contribution in [3.05, 3.63) is 64.7 Å². The number of hydrogen-bond acceptors (Lipinski definition) is 2. The van der Waals surface area contributed by atoms with Gasteiger partial charge in [0.1, 0.15) is 12.4 Å². The van der Waals surface area contributed by atoms with Gasteiger partial charge in [-0.25, -0.2) is 0 Å². The van der Waals surface area contributed by atoms with Crippen LogP contribution in [0.15, 0.2) is 42.5 Å². The summed E-state index contributed by atoms with van der Waals surface area (Å²) in [4.78, 5) is 0. The Morgan fingerprint density at radius 3 is 2.52 bits per heavy atom. The SMILES string of the molecule is Cc1cc(C)cc(COc2cccc(C3CCCCN3)c2)c1.Cl. The summed E-state index contributed by atoms with van der Waals surface area (Å²) >= 11 is 0. The van der Waals surface area contributed by atoms with Gasteiger partial charge in [0, 0.05) is 6.04 Å². The molecule has 1 aliphatic rings. The fourth-order valence-electron chi connectivity index (χ4n) is 3.28. The van der Waals surface area contributed by atoms with Crippen molar-refractivity contribution in [2.45, 2.75) is 45.8 Å². The summed E-state index contributed by atoms with van der Waals surface area (Å²) in [6.07, 6.45) is 3.82. The number of halogens is 1. The monoisotopic (exact) mass is 331 g/mol. The van der Waals surface area contributed by atoms with Gasteiger partial charge in [-0.2, -0.15) is 0 Å². The van der Waals surface area contributed by atoms with E-state index < -0.39 is 0 Å². The molecule has 0 bridgehead atoms. The molecular weight excluding hydrogens is 306 g/mol. The number of ether oxygens (including phenoxy) is 1. The molecule has 0 amide bonds. The first-order valence-corrected chi connectivity index (χ1v) is 8.24. The van der Waals surface area contributed by atoms with Crippen molar-refractivity contribution in [3.8, 4) is 5.75 Å². The van der Waals surface area contributed by atoms with Crippen molar-refractivity contribution in [1.29, 1.82) is 0 Å². The molecule has 0 radical (unpaired) electrons. The highest BCUT2D eigenvalue weighted by Gasteiger charge is 2.14. The molecule has 0 spiro atoms.